The Morgan fingerprint density at radius 1 is 0.879 bits per heavy atom. The van der Waals surface area contributed by atoms with Crippen molar-refractivity contribution in [2.45, 2.75) is 47.6 Å². The van der Waals surface area contributed by atoms with Gasteiger partial charge in [-0.3, -0.25) is 34.5 Å². The first-order valence-corrected chi connectivity index (χ1v) is 24.3. The number of piperazine rings is 1. The van der Waals surface area contributed by atoms with E-state index in [9.17, 15) is 9.59 Å². The van der Waals surface area contributed by atoms with E-state index in [-0.39, 0.29) is 11.8 Å². The summed E-state index contributed by atoms with van der Waals surface area (Å²) in [5, 5.41) is 16.0. The molecule has 0 radical (unpaired) electrons. The molecule has 21 heteroatoms. The molecule has 0 spiro atoms. The maximum absolute atomic E-state index is 13.2. The van der Waals surface area contributed by atoms with Crippen molar-refractivity contribution in [2.24, 2.45) is 9.98 Å². The first-order valence-electron chi connectivity index (χ1n) is 21.5. The van der Waals surface area contributed by atoms with Gasteiger partial charge in [0, 0.05) is 86.3 Å². The van der Waals surface area contributed by atoms with Gasteiger partial charge in [-0.05, 0) is 69.8 Å². The molecule has 0 bridgehead atoms. The minimum Gasteiger partial charge on any atom is -0.378 e. The van der Waals surface area contributed by atoms with Crippen LogP contribution in [0.15, 0.2) is 58.5 Å². The van der Waals surface area contributed by atoms with Crippen LogP contribution in [0.4, 0.5) is 11.5 Å². The number of aromatic nitrogens is 5. The van der Waals surface area contributed by atoms with Crippen molar-refractivity contribution in [3.63, 3.8) is 0 Å². The molecule has 16 nitrogen and oxygen atoms in total. The summed E-state index contributed by atoms with van der Waals surface area (Å²) in [4.78, 5) is 47.7. The van der Waals surface area contributed by atoms with Crippen molar-refractivity contribution in [1.29, 1.82) is 0 Å². The van der Waals surface area contributed by atoms with Crippen LogP contribution in [-0.2, 0) is 20.8 Å². The van der Waals surface area contributed by atoms with Crippen LogP contribution in [0.3, 0.4) is 0 Å². The van der Waals surface area contributed by atoms with E-state index in [1.807, 2.05) is 47.2 Å². The Morgan fingerprint density at radius 2 is 1.61 bits per heavy atom. The second-order valence-corrected chi connectivity index (χ2v) is 17.8. The number of fused-ring (bicyclic) bond motifs is 3. The Bertz CT molecular complexity index is 2530. The third-order valence-electron chi connectivity index (χ3n) is 10.7. The van der Waals surface area contributed by atoms with Gasteiger partial charge in [0.25, 0.3) is 5.91 Å². The summed E-state index contributed by atoms with van der Waals surface area (Å²) in [6.45, 7) is 16.8. The van der Waals surface area contributed by atoms with E-state index in [0.717, 1.165) is 64.1 Å². The molecule has 66 heavy (non-hydrogen) atoms. The number of hydrogen-bond donors (Lipinski definition) is 3. The zero-order chi connectivity index (χ0) is 47.3. The number of benzene rings is 2. The van der Waals surface area contributed by atoms with Gasteiger partial charge in [0.05, 0.1) is 47.9 Å². The number of carbonyl (C=O) groups is 2. The van der Waals surface area contributed by atoms with Gasteiger partial charge in [-0.25, -0.2) is 15.0 Å². The number of anilines is 1. The molecule has 3 aliphatic rings. The number of nitrogens with one attached hydrogen (secondary N) is 2. The van der Waals surface area contributed by atoms with Crippen LogP contribution in [0.5, 0.6) is 0 Å². The molecule has 6 heterocycles. The van der Waals surface area contributed by atoms with E-state index in [1.165, 1.54) is 22.9 Å². The van der Waals surface area contributed by atoms with Gasteiger partial charge in [0.15, 0.2) is 11.6 Å². The highest BCUT2D eigenvalue weighted by molar-refractivity contribution is 7.79. The minimum absolute atomic E-state index is 0.0652. The SMILES string of the molecule is CC(=O)NCCOCCOCCN1CCN(C(=O)c2cc(N=C3CCN(c4ccc(Cl)c(Cl)c4)N3)nc(C)n2)CC1.CS.Cc1sc2c(c1C)C(c1ccc(Cl)cc1)=NCc1nnc(C)n1-2. The van der Waals surface area contributed by atoms with E-state index in [4.69, 9.17) is 49.3 Å². The maximum atomic E-state index is 13.2. The van der Waals surface area contributed by atoms with Gasteiger partial charge >= 0.3 is 0 Å². The van der Waals surface area contributed by atoms with Gasteiger partial charge in [0.2, 0.25) is 5.91 Å². The van der Waals surface area contributed by atoms with Gasteiger partial charge in [0.1, 0.15) is 34.7 Å². The van der Waals surface area contributed by atoms with Crippen molar-refractivity contribution >= 4 is 93.6 Å². The van der Waals surface area contributed by atoms with Crippen LogP contribution < -0.4 is 15.8 Å². The summed E-state index contributed by atoms with van der Waals surface area (Å²) >= 11 is 23.5. The van der Waals surface area contributed by atoms with Crippen LogP contribution in [0, 0.1) is 27.7 Å². The van der Waals surface area contributed by atoms with E-state index in [2.05, 4.69) is 71.8 Å². The summed E-state index contributed by atoms with van der Waals surface area (Å²) < 4.78 is 13.2. The molecule has 2 fully saturated rings. The summed E-state index contributed by atoms with van der Waals surface area (Å²) in [6, 6.07) is 14.9. The smallest absolute Gasteiger partial charge is 0.272 e. The molecular formula is C45H55Cl3N12O4S2. The number of rotatable bonds is 13. The van der Waals surface area contributed by atoms with E-state index in [0.29, 0.717) is 93.0 Å². The maximum Gasteiger partial charge on any atom is 0.272 e. The lowest BCUT2D eigenvalue weighted by Crippen LogP contribution is -2.49. The molecule has 5 aromatic rings. The van der Waals surface area contributed by atoms with E-state index < -0.39 is 0 Å². The fraction of sp³-hybridized carbons (Fsp3) is 0.422. The molecule has 0 aliphatic carbocycles. The van der Waals surface area contributed by atoms with Crippen molar-refractivity contribution in [3.05, 3.63) is 108 Å². The number of hydrazine groups is 1. The number of ether oxygens (including phenoxy) is 2. The average Bonchev–Trinajstić information content (AvgIpc) is 3.98. The average molecular weight is 999 g/mol. The summed E-state index contributed by atoms with van der Waals surface area (Å²) in [5.74, 6) is 3.26. The van der Waals surface area contributed by atoms with Crippen LogP contribution in [0.25, 0.3) is 5.00 Å². The summed E-state index contributed by atoms with van der Waals surface area (Å²) in [7, 11) is 0. The highest BCUT2D eigenvalue weighted by Gasteiger charge is 2.27. The number of nitrogens with zero attached hydrogens (tertiary/aromatic N) is 10. The largest absolute Gasteiger partial charge is 0.378 e. The topological polar surface area (TPSA) is 168 Å². The Hall–Kier alpha value is -4.66. The molecule has 2 amide bonds. The normalized spacial score (nSPS) is 15.1. The van der Waals surface area contributed by atoms with Crippen LogP contribution in [0.2, 0.25) is 15.1 Å². The molecule has 8 rings (SSSR count). The standard InChI is InChI=1S/C27H36Cl2N8O4.C17H15ClN4S.CH4S/c1-19-31-24(18-26(32-19)33-25-5-7-37(34-25)21-3-4-22(28)23(29)17-21)27(39)36-10-8-35(9-11-36)12-14-41-16-15-40-13-6-30-20(2)38;1-9-10(2)23-17-15(9)16(12-4-6-13(18)7-5-12)19-8-14-21-20-11(3)22(14)17;1-2/h3-4,17-18H,5-16H2,1-2H3,(H,30,38)(H,31,32,33,34);4-7H,8H2,1-3H3;2H,1H3. The molecular weight excluding hydrogens is 943 g/mol. The Kier molecular flexibility index (Phi) is 18.8. The number of halogens is 3. The lowest BCUT2D eigenvalue weighted by atomic mass is 10.00. The predicted octanol–water partition coefficient (Wildman–Crippen LogP) is 7.27. The van der Waals surface area contributed by atoms with Crippen molar-refractivity contribution in [3.8, 4) is 5.00 Å². The zero-order valence-electron chi connectivity index (χ0n) is 37.9. The fourth-order valence-corrected chi connectivity index (χ4v) is 8.96. The predicted molar refractivity (Wildman–Crippen MR) is 267 cm³/mol. The number of thiophene rings is 1. The van der Waals surface area contributed by atoms with Crippen LogP contribution in [-0.4, -0.2) is 136 Å². The Morgan fingerprint density at radius 3 is 2.32 bits per heavy atom. The Balaban J connectivity index is 0.000000241. The summed E-state index contributed by atoms with van der Waals surface area (Å²) in [5.41, 5.74) is 9.01. The number of hydrogen-bond acceptors (Lipinski definition) is 14. The van der Waals surface area contributed by atoms with Gasteiger partial charge < -0.3 is 19.7 Å². The number of aliphatic imine (C=N–C) groups is 2. The molecule has 2 aromatic carbocycles. The second kappa shape index (κ2) is 24.4. The monoisotopic (exact) mass is 996 g/mol. The zero-order valence-corrected chi connectivity index (χ0v) is 41.9. The molecule has 0 saturated carbocycles. The fourth-order valence-electron chi connectivity index (χ4n) is 7.31. The van der Waals surface area contributed by atoms with Gasteiger partial charge in [-0.1, -0.05) is 46.9 Å². The van der Waals surface area contributed by atoms with Crippen LogP contribution in [0.1, 0.15) is 62.9 Å². The first-order chi connectivity index (χ1) is 31.8. The lowest BCUT2D eigenvalue weighted by molar-refractivity contribution is -0.119. The number of aryl methyl sites for hydroxylation is 3. The second-order valence-electron chi connectivity index (χ2n) is 15.3. The molecule has 2 N–H and O–H groups in total. The van der Waals surface area contributed by atoms with E-state index >= 15 is 0 Å². The van der Waals surface area contributed by atoms with Gasteiger partial charge in [-0.2, -0.15) is 12.6 Å². The highest BCUT2D eigenvalue weighted by Crippen LogP contribution is 2.36. The van der Waals surface area contributed by atoms with Crippen LogP contribution >= 0.6 is 58.8 Å². The van der Waals surface area contributed by atoms with Crippen molar-refractivity contribution in [2.75, 3.05) is 83.5 Å². The van der Waals surface area contributed by atoms with Crippen molar-refractivity contribution < 1.29 is 19.1 Å². The van der Waals surface area contributed by atoms with Gasteiger partial charge in [-0.15, -0.1) is 21.5 Å². The number of thiol groups is 1. The first kappa shape index (κ1) is 50.7. The van der Waals surface area contributed by atoms with Crippen molar-refractivity contribution in [1.82, 2.24) is 45.3 Å². The molecule has 0 atom stereocenters. The van der Waals surface area contributed by atoms with E-state index in [1.54, 1.807) is 42.7 Å². The molecule has 0 unspecified atom stereocenters. The third kappa shape index (κ3) is 13.3. The summed E-state index contributed by atoms with van der Waals surface area (Å²) in [6.07, 6.45) is 2.38. The number of carbonyl (C=O) groups excluding carboxylic acids is 2. The highest BCUT2D eigenvalue weighted by atomic mass is 35.5. The molecule has 3 aliphatic heterocycles. The minimum atomic E-state index is -0.124. The third-order valence-corrected chi connectivity index (χ3v) is 12.9. The molecule has 3 aromatic heterocycles. The lowest BCUT2D eigenvalue weighted by Gasteiger charge is -2.34. The molecule has 352 valence electrons. The number of amides is 2. The Labute approximate surface area is 410 Å². The quantitative estimate of drug-likeness (QED) is 0.0802. The number of amidine groups is 1. The molecule has 2 saturated heterocycles.